The first-order valence-electron chi connectivity index (χ1n) is 3.56. The van der Waals surface area contributed by atoms with Crippen LogP contribution in [0.3, 0.4) is 0 Å². The summed E-state index contributed by atoms with van der Waals surface area (Å²) in [6.07, 6.45) is 0. The average molecular weight is 163 g/mol. The number of rotatable bonds is 5. The van der Waals surface area contributed by atoms with Gasteiger partial charge in [0.1, 0.15) is 5.50 Å². The van der Waals surface area contributed by atoms with Crippen LogP contribution in [0.15, 0.2) is 4.99 Å². The molecule has 10 heavy (non-hydrogen) atoms. The largest absolute Gasteiger partial charge is 0.301 e. The van der Waals surface area contributed by atoms with Gasteiger partial charge in [0.2, 0.25) is 0 Å². The molecule has 0 aromatic heterocycles. The molecule has 0 aromatic rings. The minimum Gasteiger partial charge on any atom is -0.301 e. The zero-order valence-electron chi connectivity index (χ0n) is 6.68. The van der Waals surface area contributed by atoms with Gasteiger partial charge in [0.05, 0.1) is 0 Å². The molecule has 0 aromatic carbocycles. The van der Waals surface area contributed by atoms with Crippen LogP contribution >= 0.6 is 11.6 Å². The summed E-state index contributed by atoms with van der Waals surface area (Å²) >= 11 is 5.75. The molecule has 0 spiro atoms. The molecule has 0 radical (unpaired) electrons. The van der Waals surface area contributed by atoms with Gasteiger partial charge in [-0.05, 0) is 19.8 Å². The van der Waals surface area contributed by atoms with Gasteiger partial charge in [-0.3, -0.25) is 4.99 Å². The van der Waals surface area contributed by atoms with Crippen molar-refractivity contribution in [1.29, 1.82) is 0 Å². The SMILES string of the molecule is C=NC(Cl)CN(CC)CC. The van der Waals surface area contributed by atoms with E-state index in [4.69, 9.17) is 11.6 Å². The minimum absolute atomic E-state index is 0.153. The van der Waals surface area contributed by atoms with E-state index in [1.54, 1.807) is 0 Å². The molecule has 0 bridgehead atoms. The molecule has 0 heterocycles. The van der Waals surface area contributed by atoms with Crippen LogP contribution in [0.1, 0.15) is 13.8 Å². The zero-order valence-corrected chi connectivity index (χ0v) is 7.43. The fourth-order valence-corrected chi connectivity index (χ4v) is 0.948. The van der Waals surface area contributed by atoms with E-state index >= 15 is 0 Å². The van der Waals surface area contributed by atoms with E-state index in [0.29, 0.717) is 0 Å². The van der Waals surface area contributed by atoms with Gasteiger partial charge in [0.25, 0.3) is 0 Å². The van der Waals surface area contributed by atoms with Crippen molar-refractivity contribution in [1.82, 2.24) is 4.90 Å². The van der Waals surface area contributed by atoms with Crippen LogP contribution in [0.2, 0.25) is 0 Å². The molecule has 0 fully saturated rings. The van der Waals surface area contributed by atoms with Crippen molar-refractivity contribution >= 4 is 18.3 Å². The van der Waals surface area contributed by atoms with Gasteiger partial charge in [-0.2, -0.15) is 0 Å². The predicted octanol–water partition coefficient (Wildman–Crippen LogP) is 1.59. The molecule has 3 heteroatoms. The van der Waals surface area contributed by atoms with Crippen LogP contribution in [0.5, 0.6) is 0 Å². The molecule has 0 aliphatic carbocycles. The summed E-state index contributed by atoms with van der Waals surface area (Å²) in [5, 5.41) is 0. The van der Waals surface area contributed by atoms with Gasteiger partial charge >= 0.3 is 0 Å². The molecule has 0 aliphatic heterocycles. The lowest BCUT2D eigenvalue weighted by molar-refractivity contribution is 0.305. The summed E-state index contributed by atoms with van der Waals surface area (Å²) in [7, 11) is 0. The van der Waals surface area contributed by atoms with Crippen molar-refractivity contribution in [3.8, 4) is 0 Å². The van der Waals surface area contributed by atoms with Gasteiger partial charge in [0, 0.05) is 6.54 Å². The summed E-state index contributed by atoms with van der Waals surface area (Å²) in [5.41, 5.74) is -0.153. The van der Waals surface area contributed by atoms with Crippen molar-refractivity contribution in [2.75, 3.05) is 19.6 Å². The monoisotopic (exact) mass is 162 g/mol. The smallest absolute Gasteiger partial charge is 0.135 e. The predicted molar refractivity (Wildman–Crippen MR) is 47.0 cm³/mol. The quantitative estimate of drug-likeness (QED) is 0.341. The molecule has 0 saturated carbocycles. The zero-order chi connectivity index (χ0) is 7.98. The molecule has 1 atom stereocenters. The molecular weight excluding hydrogens is 148 g/mol. The molecule has 0 amide bonds. The fraction of sp³-hybridized carbons (Fsp3) is 0.857. The van der Waals surface area contributed by atoms with E-state index in [1.165, 1.54) is 0 Å². The molecule has 2 nitrogen and oxygen atoms in total. The number of hydrogen-bond donors (Lipinski definition) is 0. The number of aliphatic imine (C=N–C) groups is 1. The Morgan fingerprint density at radius 3 is 2.30 bits per heavy atom. The van der Waals surface area contributed by atoms with E-state index in [0.717, 1.165) is 19.6 Å². The van der Waals surface area contributed by atoms with Crippen molar-refractivity contribution in [3.05, 3.63) is 0 Å². The second-order valence-corrected chi connectivity index (χ2v) is 2.61. The normalized spacial score (nSPS) is 13.6. The van der Waals surface area contributed by atoms with Crippen LogP contribution in [0.25, 0.3) is 0 Å². The van der Waals surface area contributed by atoms with Gasteiger partial charge in [-0.15, -0.1) is 0 Å². The molecular formula is C7H15ClN2. The summed E-state index contributed by atoms with van der Waals surface area (Å²) in [5.74, 6) is 0. The Kier molecular flexibility index (Phi) is 5.64. The highest BCUT2D eigenvalue weighted by Gasteiger charge is 2.04. The number of halogens is 1. The molecule has 0 N–H and O–H groups in total. The Hall–Kier alpha value is -0.0800. The van der Waals surface area contributed by atoms with Crippen molar-refractivity contribution < 1.29 is 0 Å². The van der Waals surface area contributed by atoms with E-state index in [1.807, 2.05) is 0 Å². The van der Waals surface area contributed by atoms with Gasteiger partial charge in [-0.25, -0.2) is 0 Å². The van der Waals surface area contributed by atoms with E-state index in [9.17, 15) is 0 Å². The second-order valence-electron chi connectivity index (χ2n) is 2.10. The highest BCUT2D eigenvalue weighted by molar-refractivity contribution is 6.20. The number of hydrogen-bond acceptors (Lipinski definition) is 2. The summed E-state index contributed by atoms with van der Waals surface area (Å²) in [6.45, 7) is 10.4. The molecule has 1 unspecified atom stereocenters. The number of likely N-dealkylation sites (N-methyl/N-ethyl adjacent to an activating group) is 1. The molecule has 0 aliphatic rings. The lowest BCUT2D eigenvalue weighted by Crippen LogP contribution is -2.28. The van der Waals surface area contributed by atoms with E-state index in [-0.39, 0.29) is 5.50 Å². The molecule has 0 rings (SSSR count). The maximum absolute atomic E-state index is 5.75. The Morgan fingerprint density at radius 2 is 2.00 bits per heavy atom. The lowest BCUT2D eigenvalue weighted by atomic mass is 10.5. The third kappa shape index (κ3) is 3.85. The Bertz CT molecular complexity index is 91.6. The summed E-state index contributed by atoms with van der Waals surface area (Å²) < 4.78 is 0. The van der Waals surface area contributed by atoms with Crippen molar-refractivity contribution in [2.45, 2.75) is 19.3 Å². The van der Waals surface area contributed by atoms with Crippen LogP contribution < -0.4 is 0 Å². The van der Waals surface area contributed by atoms with Crippen molar-refractivity contribution in [2.24, 2.45) is 4.99 Å². The second kappa shape index (κ2) is 5.69. The first kappa shape index (κ1) is 9.92. The fourth-order valence-electron chi connectivity index (χ4n) is 0.753. The van der Waals surface area contributed by atoms with Gasteiger partial charge < -0.3 is 4.90 Å². The first-order valence-corrected chi connectivity index (χ1v) is 4.00. The Morgan fingerprint density at radius 1 is 1.50 bits per heavy atom. The number of alkyl halides is 1. The minimum atomic E-state index is -0.153. The third-order valence-electron chi connectivity index (χ3n) is 1.50. The summed E-state index contributed by atoms with van der Waals surface area (Å²) in [6, 6.07) is 0. The average Bonchev–Trinajstić information content (AvgIpc) is 1.99. The topological polar surface area (TPSA) is 15.6 Å². The van der Waals surface area contributed by atoms with Crippen LogP contribution in [0.4, 0.5) is 0 Å². The van der Waals surface area contributed by atoms with Crippen molar-refractivity contribution in [3.63, 3.8) is 0 Å². The highest BCUT2D eigenvalue weighted by Crippen LogP contribution is 1.99. The number of nitrogens with zero attached hydrogens (tertiary/aromatic N) is 2. The Labute approximate surface area is 67.9 Å². The van der Waals surface area contributed by atoms with E-state index in [2.05, 4.69) is 30.5 Å². The maximum Gasteiger partial charge on any atom is 0.135 e. The lowest BCUT2D eigenvalue weighted by Gasteiger charge is -2.18. The van der Waals surface area contributed by atoms with Crippen LogP contribution in [-0.4, -0.2) is 36.8 Å². The summed E-state index contributed by atoms with van der Waals surface area (Å²) in [4.78, 5) is 5.91. The standard InChI is InChI=1S/C7H15ClN2/c1-4-10(5-2)6-7(8)9-3/h7H,3-6H2,1-2H3. The van der Waals surface area contributed by atoms with Crippen LogP contribution in [-0.2, 0) is 0 Å². The van der Waals surface area contributed by atoms with Crippen LogP contribution in [0, 0.1) is 0 Å². The highest BCUT2D eigenvalue weighted by atomic mass is 35.5. The van der Waals surface area contributed by atoms with Gasteiger partial charge in [0.15, 0.2) is 0 Å². The molecule has 0 saturated heterocycles. The Balaban J connectivity index is 3.51. The van der Waals surface area contributed by atoms with E-state index < -0.39 is 0 Å². The van der Waals surface area contributed by atoms with Gasteiger partial charge in [-0.1, -0.05) is 25.4 Å². The third-order valence-corrected chi connectivity index (χ3v) is 1.78. The molecule has 60 valence electrons. The first-order chi connectivity index (χ1) is 4.74. The maximum atomic E-state index is 5.75.